The summed E-state index contributed by atoms with van der Waals surface area (Å²) in [6.07, 6.45) is 3.28. The van der Waals surface area contributed by atoms with Crippen LogP contribution in [0.1, 0.15) is 26.2 Å². The number of hydrogen-bond acceptors (Lipinski definition) is 4. The molecule has 0 saturated carbocycles. The second-order valence-electron chi connectivity index (χ2n) is 6.35. The molecule has 2 N–H and O–H groups in total. The van der Waals surface area contributed by atoms with Crippen LogP contribution >= 0.6 is 0 Å². The van der Waals surface area contributed by atoms with Crippen LogP contribution in [0.5, 0.6) is 5.75 Å². The Morgan fingerprint density at radius 3 is 2.84 bits per heavy atom. The molecule has 1 aliphatic heterocycles. The smallest absolute Gasteiger partial charge is 0.321 e. The molecule has 2 atom stereocenters. The van der Waals surface area contributed by atoms with Gasteiger partial charge in [-0.15, -0.1) is 0 Å². The number of carbonyl (C=O) groups excluding carboxylic acids is 1. The molecular weight excluding hydrogens is 324 g/mol. The van der Waals surface area contributed by atoms with Gasteiger partial charge < -0.3 is 24.8 Å². The summed E-state index contributed by atoms with van der Waals surface area (Å²) in [7, 11) is 1.56. The van der Waals surface area contributed by atoms with Crippen LogP contribution in [0.4, 0.5) is 10.5 Å². The average molecular weight is 350 g/mol. The van der Waals surface area contributed by atoms with E-state index >= 15 is 0 Å². The molecule has 138 valence electrons. The van der Waals surface area contributed by atoms with Gasteiger partial charge in [0.05, 0.1) is 17.7 Å². The number of nitrogens with one attached hydrogen (secondary N) is 1. The molecule has 2 amide bonds. The van der Waals surface area contributed by atoms with Gasteiger partial charge >= 0.3 is 12.0 Å². The number of urea groups is 1. The van der Waals surface area contributed by atoms with Crippen molar-refractivity contribution >= 4 is 17.7 Å². The molecule has 0 aliphatic carbocycles. The minimum absolute atomic E-state index is 0.0802. The summed E-state index contributed by atoms with van der Waals surface area (Å²) in [6, 6.07) is 6.81. The molecule has 2 rings (SSSR count). The Kier molecular flexibility index (Phi) is 7.06. The Balaban J connectivity index is 1.92. The summed E-state index contributed by atoms with van der Waals surface area (Å²) >= 11 is 0. The van der Waals surface area contributed by atoms with Crippen molar-refractivity contribution in [1.29, 1.82) is 0 Å². The fourth-order valence-corrected chi connectivity index (χ4v) is 2.60. The number of carbonyl (C=O) groups is 2. The lowest BCUT2D eigenvalue weighted by atomic mass is 10.1. The molecule has 1 aromatic rings. The topological polar surface area (TPSA) is 88.1 Å². The molecular formula is C18H26N2O5. The lowest BCUT2D eigenvalue weighted by Gasteiger charge is -2.24. The van der Waals surface area contributed by atoms with Crippen LogP contribution in [0.3, 0.4) is 0 Å². The van der Waals surface area contributed by atoms with Gasteiger partial charge in [-0.2, -0.15) is 0 Å². The van der Waals surface area contributed by atoms with Crippen LogP contribution in [0.25, 0.3) is 0 Å². The van der Waals surface area contributed by atoms with Gasteiger partial charge in [-0.1, -0.05) is 19.1 Å². The lowest BCUT2D eigenvalue weighted by molar-refractivity contribution is -0.141. The minimum atomic E-state index is -0.934. The Morgan fingerprint density at radius 2 is 2.16 bits per heavy atom. The molecule has 25 heavy (non-hydrogen) atoms. The van der Waals surface area contributed by atoms with Gasteiger partial charge in [-0.05, 0) is 31.4 Å². The van der Waals surface area contributed by atoms with Crippen LogP contribution in [0.15, 0.2) is 24.3 Å². The summed E-state index contributed by atoms with van der Waals surface area (Å²) in [4.78, 5) is 24.5. The van der Waals surface area contributed by atoms with Gasteiger partial charge in [0, 0.05) is 20.2 Å². The summed E-state index contributed by atoms with van der Waals surface area (Å²) in [5.41, 5.74) is 0.554. The van der Waals surface area contributed by atoms with Crippen LogP contribution in [-0.2, 0) is 9.53 Å². The van der Waals surface area contributed by atoms with Crippen molar-refractivity contribution in [3.05, 3.63) is 24.3 Å². The number of nitrogens with zero attached hydrogens (tertiary/aromatic N) is 1. The SMILES string of the molecule is CC(CN(C)C(=O)Nc1ccccc1OCC1CCCCO1)C(=O)O. The molecule has 7 heteroatoms. The Hall–Kier alpha value is -2.28. The Bertz CT molecular complexity index is 587. The van der Waals surface area contributed by atoms with E-state index in [-0.39, 0.29) is 18.7 Å². The third-order valence-corrected chi connectivity index (χ3v) is 4.14. The van der Waals surface area contributed by atoms with Gasteiger partial charge in [0.2, 0.25) is 0 Å². The maximum Gasteiger partial charge on any atom is 0.321 e. The number of amides is 2. The number of rotatable bonds is 7. The molecule has 0 aromatic heterocycles. The highest BCUT2D eigenvalue weighted by Gasteiger charge is 2.19. The number of carboxylic acid groups (broad SMARTS) is 1. The molecule has 2 unspecified atom stereocenters. The van der Waals surface area contributed by atoms with Gasteiger partial charge in [-0.25, -0.2) is 4.79 Å². The number of ether oxygens (including phenoxy) is 2. The second kappa shape index (κ2) is 9.27. The monoisotopic (exact) mass is 350 g/mol. The molecule has 1 fully saturated rings. The normalized spacial score (nSPS) is 18.2. The number of para-hydroxylation sites is 2. The predicted octanol–water partition coefficient (Wildman–Crippen LogP) is 2.82. The van der Waals surface area contributed by atoms with Crippen LogP contribution in [-0.4, -0.2) is 54.9 Å². The van der Waals surface area contributed by atoms with Crippen LogP contribution in [0, 0.1) is 5.92 Å². The molecule has 7 nitrogen and oxygen atoms in total. The van der Waals surface area contributed by atoms with Crippen molar-refractivity contribution in [1.82, 2.24) is 4.90 Å². The number of carboxylic acids is 1. The van der Waals surface area contributed by atoms with Gasteiger partial charge in [0.1, 0.15) is 12.4 Å². The minimum Gasteiger partial charge on any atom is -0.489 e. The van der Waals surface area contributed by atoms with Crippen molar-refractivity contribution in [3.8, 4) is 5.75 Å². The third-order valence-electron chi connectivity index (χ3n) is 4.14. The summed E-state index contributed by atoms with van der Waals surface area (Å²) < 4.78 is 11.5. The molecule has 1 heterocycles. The second-order valence-corrected chi connectivity index (χ2v) is 6.35. The van der Waals surface area contributed by atoms with Gasteiger partial charge in [0.15, 0.2) is 0 Å². The van der Waals surface area contributed by atoms with E-state index in [4.69, 9.17) is 14.6 Å². The molecule has 0 spiro atoms. The maximum atomic E-state index is 12.3. The highest BCUT2D eigenvalue weighted by atomic mass is 16.5. The number of hydrogen-bond donors (Lipinski definition) is 2. The highest BCUT2D eigenvalue weighted by molar-refractivity contribution is 5.91. The zero-order valence-corrected chi connectivity index (χ0v) is 14.7. The van der Waals surface area contributed by atoms with Crippen LogP contribution in [0.2, 0.25) is 0 Å². The highest BCUT2D eigenvalue weighted by Crippen LogP contribution is 2.25. The van der Waals surface area contributed by atoms with E-state index in [2.05, 4.69) is 5.32 Å². The van der Waals surface area contributed by atoms with E-state index in [0.29, 0.717) is 18.0 Å². The fraction of sp³-hybridized carbons (Fsp3) is 0.556. The summed E-state index contributed by atoms with van der Waals surface area (Å²) in [5.74, 6) is -0.994. The van der Waals surface area contributed by atoms with E-state index in [0.717, 1.165) is 25.9 Å². The van der Waals surface area contributed by atoms with E-state index in [1.54, 1.807) is 32.2 Å². The fourth-order valence-electron chi connectivity index (χ4n) is 2.60. The quantitative estimate of drug-likeness (QED) is 0.789. The van der Waals surface area contributed by atoms with Crippen molar-refractivity contribution in [2.75, 3.05) is 32.1 Å². The number of anilines is 1. The molecule has 0 bridgehead atoms. The van der Waals surface area contributed by atoms with Crippen molar-refractivity contribution in [2.45, 2.75) is 32.3 Å². The number of benzene rings is 1. The maximum absolute atomic E-state index is 12.3. The summed E-state index contributed by atoms with van der Waals surface area (Å²) in [5, 5.41) is 11.7. The number of aliphatic carboxylic acids is 1. The largest absolute Gasteiger partial charge is 0.489 e. The van der Waals surface area contributed by atoms with Crippen LogP contribution < -0.4 is 10.1 Å². The van der Waals surface area contributed by atoms with Crippen molar-refractivity contribution in [3.63, 3.8) is 0 Å². The Labute approximate surface area is 147 Å². The predicted molar refractivity (Wildman–Crippen MR) is 94.0 cm³/mol. The van der Waals surface area contributed by atoms with Crippen molar-refractivity contribution in [2.24, 2.45) is 5.92 Å². The standard InChI is InChI=1S/C18H26N2O5/c1-13(17(21)22)11-20(2)18(23)19-15-8-3-4-9-16(15)25-12-14-7-5-6-10-24-14/h3-4,8-9,13-14H,5-7,10-12H2,1-2H3,(H,19,23)(H,21,22). The summed E-state index contributed by atoms with van der Waals surface area (Å²) in [6.45, 7) is 2.89. The van der Waals surface area contributed by atoms with E-state index in [1.165, 1.54) is 4.90 Å². The average Bonchev–Trinajstić information content (AvgIpc) is 2.61. The first-order valence-corrected chi connectivity index (χ1v) is 8.55. The lowest BCUT2D eigenvalue weighted by Crippen LogP contribution is -2.36. The third kappa shape index (κ3) is 5.94. The first kappa shape index (κ1) is 19.1. The van der Waals surface area contributed by atoms with E-state index in [9.17, 15) is 9.59 Å². The Morgan fingerprint density at radius 1 is 1.40 bits per heavy atom. The molecule has 1 saturated heterocycles. The molecule has 1 aliphatic rings. The first-order valence-electron chi connectivity index (χ1n) is 8.55. The first-order chi connectivity index (χ1) is 12.0. The molecule has 0 radical (unpaired) electrons. The van der Waals surface area contributed by atoms with Gasteiger partial charge in [-0.3, -0.25) is 4.79 Å². The van der Waals surface area contributed by atoms with Crippen molar-refractivity contribution < 1.29 is 24.2 Å². The van der Waals surface area contributed by atoms with E-state index < -0.39 is 11.9 Å². The molecule has 1 aromatic carbocycles. The zero-order chi connectivity index (χ0) is 18.2. The van der Waals surface area contributed by atoms with E-state index in [1.807, 2.05) is 6.07 Å². The van der Waals surface area contributed by atoms with Gasteiger partial charge in [0.25, 0.3) is 0 Å². The zero-order valence-electron chi connectivity index (χ0n) is 14.7.